The van der Waals surface area contributed by atoms with Crippen molar-refractivity contribution < 1.29 is 14.6 Å². The summed E-state index contributed by atoms with van der Waals surface area (Å²) in [6, 6.07) is 0. The molecule has 0 unspecified atom stereocenters. The molecule has 1 fully saturated rings. The van der Waals surface area contributed by atoms with Crippen LogP contribution in [0.1, 0.15) is 32.1 Å². The zero-order valence-electron chi connectivity index (χ0n) is 8.85. The van der Waals surface area contributed by atoms with Gasteiger partial charge >= 0.3 is 0 Å². The molecule has 0 aromatic carbocycles. The van der Waals surface area contributed by atoms with Crippen LogP contribution in [-0.2, 0) is 4.79 Å². The molecule has 15 heavy (non-hydrogen) atoms. The molecular formula is C10H19NO3P+. The Balaban J connectivity index is 2.56. The third-order valence-electron chi connectivity index (χ3n) is 2.52. The first-order valence-electron chi connectivity index (χ1n) is 5.29. The molecule has 1 aliphatic carbocycles. The summed E-state index contributed by atoms with van der Waals surface area (Å²) in [4.78, 5) is 30.4. The summed E-state index contributed by atoms with van der Waals surface area (Å²) in [7, 11) is -3.18. The second kappa shape index (κ2) is 5.71. The summed E-state index contributed by atoms with van der Waals surface area (Å²) in [6.07, 6.45) is 5.08. The second-order valence-corrected chi connectivity index (χ2v) is 6.18. The number of ketones is 1. The summed E-state index contributed by atoms with van der Waals surface area (Å²) in [5.41, 5.74) is 6.23. The van der Waals surface area contributed by atoms with E-state index < -0.39 is 7.72 Å². The highest BCUT2D eigenvalue weighted by Crippen LogP contribution is 2.53. The Labute approximate surface area is 90.7 Å². The van der Waals surface area contributed by atoms with E-state index in [-0.39, 0.29) is 18.5 Å². The van der Waals surface area contributed by atoms with Gasteiger partial charge in [-0.15, -0.1) is 0 Å². The van der Waals surface area contributed by atoms with Crippen molar-refractivity contribution >= 4 is 13.5 Å². The van der Waals surface area contributed by atoms with Gasteiger partial charge in [0.2, 0.25) is 0 Å². The Kier molecular flexibility index (Phi) is 4.87. The number of Topliss-reactive ketones (excluding diaryl/α,β-unsaturated/α-hetero) is 1. The molecule has 0 aromatic rings. The van der Waals surface area contributed by atoms with Crippen molar-refractivity contribution in [1.29, 1.82) is 0 Å². The fourth-order valence-corrected chi connectivity index (χ4v) is 3.38. The maximum absolute atomic E-state index is 11.0. The quantitative estimate of drug-likeness (QED) is 0.636. The molecule has 0 bridgehead atoms. The molecule has 4 N–H and O–H groups in total. The van der Waals surface area contributed by atoms with Gasteiger partial charge in [0.05, 0.1) is 6.54 Å². The van der Waals surface area contributed by atoms with E-state index in [9.17, 15) is 14.6 Å². The molecule has 0 amide bonds. The molecule has 1 rings (SSSR count). The fourth-order valence-electron chi connectivity index (χ4n) is 1.80. The lowest BCUT2D eigenvalue weighted by atomic mass is 9.96. The lowest BCUT2D eigenvalue weighted by molar-refractivity contribution is -0.115. The highest BCUT2D eigenvalue weighted by molar-refractivity contribution is 7.68. The smallest absolute Gasteiger partial charge is 0.300 e. The van der Waals surface area contributed by atoms with E-state index in [4.69, 9.17) is 5.73 Å². The van der Waals surface area contributed by atoms with Gasteiger partial charge in [0.1, 0.15) is 5.82 Å². The normalized spacial score (nSPS) is 17.7. The van der Waals surface area contributed by atoms with Crippen LogP contribution >= 0.6 is 7.72 Å². The Morgan fingerprint density at radius 3 is 2.47 bits per heavy atom. The van der Waals surface area contributed by atoms with Crippen LogP contribution in [0.2, 0.25) is 0 Å². The lowest BCUT2D eigenvalue weighted by Gasteiger charge is -2.14. The van der Waals surface area contributed by atoms with Crippen molar-refractivity contribution in [2.75, 3.05) is 12.7 Å². The zero-order valence-corrected chi connectivity index (χ0v) is 9.75. The summed E-state index contributed by atoms with van der Waals surface area (Å²) < 4.78 is 0. The van der Waals surface area contributed by atoms with Gasteiger partial charge in [-0.05, 0) is 31.3 Å². The van der Waals surface area contributed by atoms with Crippen LogP contribution in [0.3, 0.4) is 0 Å². The molecule has 0 aliphatic heterocycles. The summed E-state index contributed by atoms with van der Waals surface area (Å²) in [6.45, 7) is -0.119. The number of hydrogen-bond acceptors (Lipinski definition) is 4. The first kappa shape index (κ1) is 12.8. The van der Waals surface area contributed by atoms with Gasteiger partial charge in [0.15, 0.2) is 11.9 Å². The van der Waals surface area contributed by atoms with Gasteiger partial charge in [0.25, 0.3) is 7.72 Å². The lowest BCUT2D eigenvalue weighted by Crippen LogP contribution is -2.18. The number of nitrogens with two attached hydrogens (primary N) is 1. The Morgan fingerprint density at radius 2 is 1.93 bits per heavy atom. The predicted octanol–water partition coefficient (Wildman–Crippen LogP) is 1.19. The van der Waals surface area contributed by atoms with E-state index in [0.29, 0.717) is 0 Å². The van der Waals surface area contributed by atoms with Crippen LogP contribution in [-0.4, -0.2) is 28.3 Å². The molecular weight excluding hydrogens is 213 g/mol. The van der Waals surface area contributed by atoms with Gasteiger partial charge in [-0.2, -0.15) is 0 Å². The van der Waals surface area contributed by atoms with Crippen molar-refractivity contribution in [1.82, 2.24) is 0 Å². The Hall–Kier alpha value is -0.280. The molecule has 0 atom stereocenters. The van der Waals surface area contributed by atoms with E-state index >= 15 is 0 Å². The van der Waals surface area contributed by atoms with Crippen molar-refractivity contribution in [3.63, 3.8) is 0 Å². The van der Waals surface area contributed by atoms with Crippen molar-refractivity contribution in [3.05, 3.63) is 11.4 Å². The minimum atomic E-state index is -3.18. The van der Waals surface area contributed by atoms with E-state index in [1.54, 1.807) is 0 Å². The van der Waals surface area contributed by atoms with Crippen molar-refractivity contribution in [2.45, 2.75) is 32.1 Å². The Bertz CT molecular complexity index is 255. The SMILES string of the molecule is NCC(=O)C[P+](O)(O)C=C1CCCCC1. The third-order valence-corrected chi connectivity index (χ3v) is 4.12. The third kappa shape index (κ3) is 4.85. The number of carbonyl (C=O) groups excluding carboxylic acids is 1. The van der Waals surface area contributed by atoms with Crippen LogP contribution < -0.4 is 5.73 Å². The van der Waals surface area contributed by atoms with Crippen LogP contribution in [0.4, 0.5) is 0 Å². The van der Waals surface area contributed by atoms with E-state index in [2.05, 4.69) is 0 Å². The zero-order chi connectivity index (χ0) is 11.3. The topological polar surface area (TPSA) is 83.6 Å². The maximum atomic E-state index is 11.0. The van der Waals surface area contributed by atoms with Gasteiger partial charge in [-0.1, -0.05) is 6.42 Å². The molecule has 4 nitrogen and oxygen atoms in total. The molecule has 0 spiro atoms. The predicted molar refractivity (Wildman–Crippen MR) is 61.5 cm³/mol. The largest absolute Gasteiger partial charge is 0.324 e. The van der Waals surface area contributed by atoms with Crippen molar-refractivity contribution in [2.24, 2.45) is 5.73 Å². The van der Waals surface area contributed by atoms with E-state index in [1.807, 2.05) is 0 Å². The second-order valence-electron chi connectivity index (χ2n) is 4.03. The monoisotopic (exact) mass is 232 g/mol. The van der Waals surface area contributed by atoms with Crippen LogP contribution in [0.15, 0.2) is 11.4 Å². The fraction of sp³-hybridized carbons (Fsp3) is 0.700. The van der Waals surface area contributed by atoms with Crippen LogP contribution in [0.25, 0.3) is 0 Å². The molecule has 0 saturated heterocycles. The van der Waals surface area contributed by atoms with Gasteiger partial charge in [0, 0.05) is 0 Å². The first-order chi connectivity index (χ1) is 7.03. The van der Waals surface area contributed by atoms with E-state index in [0.717, 1.165) is 31.3 Å². The number of carbonyl (C=O) groups is 1. The van der Waals surface area contributed by atoms with E-state index in [1.165, 1.54) is 12.2 Å². The van der Waals surface area contributed by atoms with Crippen LogP contribution in [0.5, 0.6) is 0 Å². The highest BCUT2D eigenvalue weighted by Gasteiger charge is 2.34. The van der Waals surface area contributed by atoms with Gasteiger partial charge < -0.3 is 5.73 Å². The highest BCUT2D eigenvalue weighted by atomic mass is 31.2. The van der Waals surface area contributed by atoms with Gasteiger partial charge in [-0.3, -0.25) is 4.79 Å². The molecule has 86 valence electrons. The number of allylic oxidation sites excluding steroid dienone is 1. The van der Waals surface area contributed by atoms with Crippen LogP contribution in [0, 0.1) is 0 Å². The molecule has 0 radical (unpaired) electrons. The molecule has 1 aliphatic rings. The average Bonchev–Trinajstić information content (AvgIpc) is 2.17. The number of hydrogen-bond donors (Lipinski definition) is 3. The van der Waals surface area contributed by atoms with Gasteiger partial charge in [-0.25, -0.2) is 9.79 Å². The molecule has 0 aromatic heterocycles. The molecule has 0 heterocycles. The maximum Gasteiger partial charge on any atom is 0.300 e. The minimum absolute atomic E-state index is 0.119. The average molecular weight is 232 g/mol. The standard InChI is InChI=1S/C10H19NO3P/c11-6-10(12)8-15(13,14)7-9-4-2-1-3-5-9/h7,13-14H,1-6,8,11H2/q+1. The minimum Gasteiger partial charge on any atom is -0.324 e. The van der Waals surface area contributed by atoms with Crippen molar-refractivity contribution in [3.8, 4) is 0 Å². The summed E-state index contributed by atoms with van der Waals surface area (Å²) in [5.74, 6) is 1.24. The molecule has 5 heteroatoms. The number of rotatable bonds is 4. The molecule has 1 saturated carbocycles. The summed E-state index contributed by atoms with van der Waals surface area (Å²) in [5, 5.41) is 0. The summed E-state index contributed by atoms with van der Waals surface area (Å²) >= 11 is 0. The first-order valence-corrected chi connectivity index (χ1v) is 7.24. The Morgan fingerprint density at radius 1 is 1.33 bits per heavy atom.